The Morgan fingerprint density at radius 1 is 1.39 bits per heavy atom. The van der Waals surface area contributed by atoms with E-state index in [2.05, 4.69) is 0 Å². The molecule has 0 saturated carbocycles. The van der Waals surface area contributed by atoms with Crippen molar-refractivity contribution in [1.29, 1.82) is 0 Å². The van der Waals surface area contributed by atoms with Gasteiger partial charge in [0.15, 0.2) is 0 Å². The second kappa shape index (κ2) is 5.44. The number of amides is 1. The van der Waals surface area contributed by atoms with Gasteiger partial charge in [0.05, 0.1) is 10.4 Å². The summed E-state index contributed by atoms with van der Waals surface area (Å²) in [5, 5.41) is 0. The number of hydrogen-bond acceptors (Lipinski definition) is 2. The van der Waals surface area contributed by atoms with E-state index < -0.39 is 5.41 Å². The molecule has 98 valence electrons. The van der Waals surface area contributed by atoms with Crippen molar-refractivity contribution in [3.63, 3.8) is 0 Å². The molecule has 0 aliphatic rings. The number of nitrogens with zero attached hydrogens (tertiary/aromatic N) is 1. The number of thiocarbonyl (C=S) groups is 1. The molecule has 3 nitrogen and oxygen atoms in total. The summed E-state index contributed by atoms with van der Waals surface area (Å²) in [5.74, 6) is -0.528. The third kappa shape index (κ3) is 2.85. The summed E-state index contributed by atoms with van der Waals surface area (Å²) >= 11 is 4.92. The predicted octanol–water partition coefficient (Wildman–Crippen LogP) is 2.49. The fraction of sp³-hybridized carbons (Fsp3) is 0.385. The van der Waals surface area contributed by atoms with Crippen LogP contribution in [0.2, 0.25) is 0 Å². The van der Waals surface area contributed by atoms with Crippen LogP contribution in [0.3, 0.4) is 0 Å². The van der Waals surface area contributed by atoms with Crippen molar-refractivity contribution in [3.05, 3.63) is 30.1 Å². The molecule has 2 N–H and O–H groups in total. The highest BCUT2D eigenvalue weighted by Gasteiger charge is 2.34. The van der Waals surface area contributed by atoms with Gasteiger partial charge in [-0.15, -0.1) is 0 Å². The zero-order valence-corrected chi connectivity index (χ0v) is 11.6. The Bertz CT molecular complexity index is 457. The summed E-state index contributed by atoms with van der Waals surface area (Å²) in [5.41, 5.74) is 5.31. The van der Waals surface area contributed by atoms with Gasteiger partial charge < -0.3 is 10.6 Å². The molecule has 0 fully saturated rings. The molecule has 0 radical (unpaired) electrons. The van der Waals surface area contributed by atoms with Crippen LogP contribution in [0.15, 0.2) is 24.3 Å². The zero-order chi connectivity index (χ0) is 13.9. The SMILES string of the molecule is CCN(C(=O)C(C)(C)C(N)=S)c1ccc(F)cc1. The van der Waals surface area contributed by atoms with E-state index in [1.807, 2.05) is 6.92 Å². The molecule has 0 heterocycles. The van der Waals surface area contributed by atoms with Gasteiger partial charge in [-0.1, -0.05) is 12.2 Å². The summed E-state index contributed by atoms with van der Waals surface area (Å²) in [7, 11) is 0. The number of benzene rings is 1. The van der Waals surface area contributed by atoms with Gasteiger partial charge in [0, 0.05) is 12.2 Å². The maximum atomic E-state index is 12.9. The molecule has 1 rings (SSSR count). The van der Waals surface area contributed by atoms with E-state index in [0.29, 0.717) is 12.2 Å². The largest absolute Gasteiger partial charge is 0.392 e. The molecule has 1 aromatic rings. The second-order valence-electron chi connectivity index (χ2n) is 4.52. The van der Waals surface area contributed by atoms with Crippen molar-refractivity contribution < 1.29 is 9.18 Å². The number of rotatable bonds is 4. The maximum absolute atomic E-state index is 12.9. The lowest BCUT2D eigenvalue weighted by Crippen LogP contribution is -2.47. The number of halogens is 1. The van der Waals surface area contributed by atoms with E-state index in [-0.39, 0.29) is 16.7 Å². The monoisotopic (exact) mass is 268 g/mol. The molecule has 1 aromatic carbocycles. The van der Waals surface area contributed by atoms with E-state index in [1.165, 1.54) is 12.1 Å². The van der Waals surface area contributed by atoms with Crippen LogP contribution in [0.5, 0.6) is 0 Å². The van der Waals surface area contributed by atoms with E-state index in [4.69, 9.17) is 18.0 Å². The molecule has 0 spiro atoms. The second-order valence-corrected chi connectivity index (χ2v) is 4.95. The molecule has 0 bridgehead atoms. The molecule has 1 amide bonds. The molecule has 0 aromatic heterocycles. The Morgan fingerprint density at radius 3 is 2.28 bits per heavy atom. The van der Waals surface area contributed by atoms with Crippen LogP contribution in [-0.4, -0.2) is 17.4 Å². The molecule has 0 aliphatic carbocycles. The van der Waals surface area contributed by atoms with Gasteiger partial charge >= 0.3 is 0 Å². The third-order valence-corrected chi connectivity index (χ3v) is 3.36. The fourth-order valence-corrected chi connectivity index (χ4v) is 1.59. The van der Waals surface area contributed by atoms with Crippen molar-refractivity contribution in [1.82, 2.24) is 0 Å². The van der Waals surface area contributed by atoms with Gasteiger partial charge in [0.1, 0.15) is 5.82 Å². The third-order valence-electron chi connectivity index (χ3n) is 2.85. The first-order chi connectivity index (χ1) is 8.30. The first kappa shape index (κ1) is 14.6. The maximum Gasteiger partial charge on any atom is 0.239 e. The van der Waals surface area contributed by atoms with Gasteiger partial charge in [-0.3, -0.25) is 4.79 Å². The summed E-state index contributed by atoms with van der Waals surface area (Å²) in [6.07, 6.45) is 0. The minimum atomic E-state index is -0.917. The van der Waals surface area contributed by atoms with Crippen LogP contribution in [0.25, 0.3) is 0 Å². The van der Waals surface area contributed by atoms with Crippen molar-refractivity contribution >= 4 is 28.8 Å². The number of hydrogen-bond donors (Lipinski definition) is 1. The van der Waals surface area contributed by atoms with E-state index >= 15 is 0 Å². The Balaban J connectivity index is 3.08. The predicted molar refractivity (Wildman–Crippen MR) is 75.0 cm³/mol. The minimum absolute atomic E-state index is 0.146. The molecule has 5 heteroatoms. The van der Waals surface area contributed by atoms with Crippen LogP contribution in [0.4, 0.5) is 10.1 Å². The van der Waals surface area contributed by atoms with Crippen molar-refractivity contribution in [2.24, 2.45) is 11.1 Å². The Kier molecular flexibility index (Phi) is 4.40. The standard InChI is InChI=1S/C13H17FN2OS/c1-4-16(10-7-5-9(14)6-8-10)12(17)13(2,3)11(15)18/h5-8H,4H2,1-3H3,(H2,15,18). The Hall–Kier alpha value is -1.49. The smallest absolute Gasteiger partial charge is 0.239 e. The number of nitrogens with two attached hydrogens (primary N) is 1. The van der Waals surface area contributed by atoms with Crippen LogP contribution >= 0.6 is 12.2 Å². The summed E-state index contributed by atoms with van der Waals surface area (Å²) in [6, 6.07) is 5.76. The molecule has 0 aliphatic heterocycles. The van der Waals surface area contributed by atoms with Gasteiger partial charge in [-0.25, -0.2) is 4.39 Å². The normalized spacial score (nSPS) is 11.1. The summed E-state index contributed by atoms with van der Waals surface area (Å²) in [6.45, 7) is 5.68. The highest BCUT2D eigenvalue weighted by molar-refractivity contribution is 7.80. The molecular weight excluding hydrogens is 251 g/mol. The molecule has 0 saturated heterocycles. The minimum Gasteiger partial charge on any atom is -0.392 e. The highest BCUT2D eigenvalue weighted by Crippen LogP contribution is 2.24. The molecule has 18 heavy (non-hydrogen) atoms. The van der Waals surface area contributed by atoms with Crippen LogP contribution in [0, 0.1) is 11.2 Å². The van der Waals surface area contributed by atoms with E-state index in [9.17, 15) is 9.18 Å². The fourth-order valence-electron chi connectivity index (χ4n) is 1.51. The first-order valence-electron chi connectivity index (χ1n) is 5.68. The lowest BCUT2D eigenvalue weighted by molar-refractivity contribution is -0.123. The van der Waals surface area contributed by atoms with Gasteiger partial charge in [0.2, 0.25) is 5.91 Å². The van der Waals surface area contributed by atoms with Crippen LogP contribution in [-0.2, 0) is 4.79 Å². The highest BCUT2D eigenvalue weighted by atomic mass is 32.1. The summed E-state index contributed by atoms with van der Waals surface area (Å²) in [4.78, 5) is 14.1. The lowest BCUT2D eigenvalue weighted by Gasteiger charge is -2.30. The zero-order valence-electron chi connectivity index (χ0n) is 10.7. The summed E-state index contributed by atoms with van der Waals surface area (Å²) < 4.78 is 12.9. The van der Waals surface area contributed by atoms with Crippen LogP contribution in [0.1, 0.15) is 20.8 Å². The van der Waals surface area contributed by atoms with Crippen LogP contribution < -0.4 is 10.6 Å². The van der Waals surface area contributed by atoms with Gasteiger partial charge in [-0.2, -0.15) is 0 Å². The number of carbonyl (C=O) groups excluding carboxylic acids is 1. The number of carbonyl (C=O) groups is 1. The average Bonchev–Trinajstić information content (AvgIpc) is 2.32. The van der Waals surface area contributed by atoms with Gasteiger partial charge in [-0.05, 0) is 45.0 Å². The average molecular weight is 268 g/mol. The van der Waals surface area contributed by atoms with Gasteiger partial charge in [0.25, 0.3) is 0 Å². The molecule has 0 unspecified atom stereocenters. The van der Waals surface area contributed by atoms with Crippen molar-refractivity contribution in [3.8, 4) is 0 Å². The topological polar surface area (TPSA) is 46.3 Å². The molecular formula is C13H17FN2OS. The quantitative estimate of drug-likeness (QED) is 0.853. The first-order valence-corrected chi connectivity index (χ1v) is 6.09. The van der Waals surface area contributed by atoms with E-state index in [0.717, 1.165) is 0 Å². The molecule has 0 atom stereocenters. The number of anilines is 1. The van der Waals surface area contributed by atoms with Crippen molar-refractivity contribution in [2.75, 3.05) is 11.4 Å². The Labute approximate surface area is 112 Å². The Morgan fingerprint density at radius 2 is 1.89 bits per heavy atom. The lowest BCUT2D eigenvalue weighted by atomic mass is 9.91. The van der Waals surface area contributed by atoms with Crippen molar-refractivity contribution in [2.45, 2.75) is 20.8 Å². The van der Waals surface area contributed by atoms with E-state index in [1.54, 1.807) is 30.9 Å².